The molecule has 4 atom stereocenters. The molecule has 0 unspecified atom stereocenters. The van der Waals surface area contributed by atoms with Crippen molar-refractivity contribution < 1.29 is 24.8 Å². The van der Waals surface area contributed by atoms with Gasteiger partial charge in [-0.25, -0.2) is 0 Å². The van der Waals surface area contributed by atoms with Gasteiger partial charge in [0.25, 0.3) is 0 Å². The summed E-state index contributed by atoms with van der Waals surface area (Å²) in [6.07, 6.45) is 13.7. The van der Waals surface area contributed by atoms with Gasteiger partial charge in [-0.2, -0.15) is 0 Å². The van der Waals surface area contributed by atoms with Crippen molar-refractivity contribution >= 4 is 0 Å². The van der Waals surface area contributed by atoms with Gasteiger partial charge in [-0.15, -0.1) is 0 Å². The molecule has 1 aliphatic heterocycles. The first kappa shape index (κ1) is 22.6. The summed E-state index contributed by atoms with van der Waals surface area (Å²) in [5.74, 6) is 0. The van der Waals surface area contributed by atoms with E-state index in [2.05, 4.69) is 19.1 Å². The van der Waals surface area contributed by atoms with Gasteiger partial charge in [-0.1, -0.05) is 51.2 Å². The van der Waals surface area contributed by atoms with E-state index in [0.717, 1.165) is 19.3 Å². The minimum Gasteiger partial charge on any atom is -0.394 e. The molecule has 0 saturated carbocycles. The molecule has 1 fully saturated rings. The van der Waals surface area contributed by atoms with Crippen LogP contribution < -0.4 is 0 Å². The average molecular weight is 359 g/mol. The second kappa shape index (κ2) is 14.7. The van der Waals surface area contributed by atoms with Crippen LogP contribution in [0, 0.1) is 0 Å². The van der Waals surface area contributed by atoms with Gasteiger partial charge in [0.15, 0.2) is 0 Å². The lowest BCUT2D eigenvalue weighted by Crippen LogP contribution is -2.41. The first-order valence-electron chi connectivity index (χ1n) is 10.1. The van der Waals surface area contributed by atoms with E-state index in [1.54, 1.807) is 0 Å². The fourth-order valence-electron chi connectivity index (χ4n) is 3.08. The van der Waals surface area contributed by atoms with Crippen molar-refractivity contribution in [3.63, 3.8) is 0 Å². The lowest BCUT2D eigenvalue weighted by Gasteiger charge is -2.20. The van der Waals surface area contributed by atoms with Gasteiger partial charge in [-0.05, 0) is 32.1 Å². The maximum Gasteiger partial charge on any atom is 0.114 e. The summed E-state index contributed by atoms with van der Waals surface area (Å²) in [4.78, 5) is 0. The number of allylic oxidation sites excluding steroid dienone is 2. The maximum atomic E-state index is 10.0. The Bertz CT molecular complexity index is 334. The lowest BCUT2D eigenvalue weighted by atomic mass is 10.1. The zero-order valence-electron chi connectivity index (χ0n) is 15.8. The molecule has 5 nitrogen and oxygen atoms in total. The predicted octanol–water partition coefficient (Wildman–Crippen LogP) is 2.96. The third-order valence-electron chi connectivity index (χ3n) is 4.72. The van der Waals surface area contributed by atoms with Gasteiger partial charge in [-0.3, -0.25) is 0 Å². The number of hydrogen-bond acceptors (Lipinski definition) is 5. The largest absolute Gasteiger partial charge is 0.394 e. The summed E-state index contributed by atoms with van der Waals surface area (Å²) >= 11 is 0. The molecule has 0 aliphatic carbocycles. The van der Waals surface area contributed by atoms with Crippen molar-refractivity contribution in [2.75, 3.05) is 19.8 Å². The molecule has 148 valence electrons. The van der Waals surface area contributed by atoms with Crippen LogP contribution in [0.5, 0.6) is 0 Å². The minimum absolute atomic E-state index is 0.270. The maximum absolute atomic E-state index is 10.0. The number of rotatable bonds is 15. The fraction of sp³-hybridized carbons (Fsp3) is 0.900. The van der Waals surface area contributed by atoms with E-state index < -0.39 is 31.0 Å². The van der Waals surface area contributed by atoms with Gasteiger partial charge in [0.1, 0.15) is 24.4 Å². The van der Waals surface area contributed by atoms with Crippen molar-refractivity contribution in [2.24, 2.45) is 0 Å². The number of ether oxygens (including phenoxy) is 2. The molecule has 0 bridgehead atoms. The van der Waals surface area contributed by atoms with Crippen molar-refractivity contribution in [1.82, 2.24) is 0 Å². The van der Waals surface area contributed by atoms with Crippen molar-refractivity contribution in [3.8, 4) is 0 Å². The molecule has 0 aromatic rings. The Labute approximate surface area is 153 Å². The van der Waals surface area contributed by atoms with Gasteiger partial charge in [0, 0.05) is 6.61 Å². The Morgan fingerprint density at radius 3 is 2.32 bits per heavy atom. The molecule has 1 saturated heterocycles. The Balaban J connectivity index is 1.91. The quantitative estimate of drug-likeness (QED) is 0.310. The fourth-order valence-corrected chi connectivity index (χ4v) is 3.08. The molecule has 0 radical (unpaired) electrons. The Hall–Kier alpha value is -0.460. The van der Waals surface area contributed by atoms with E-state index >= 15 is 0 Å². The van der Waals surface area contributed by atoms with Crippen LogP contribution in [0.25, 0.3) is 0 Å². The van der Waals surface area contributed by atoms with Gasteiger partial charge < -0.3 is 24.8 Å². The molecule has 1 heterocycles. The van der Waals surface area contributed by atoms with Gasteiger partial charge in [0.2, 0.25) is 0 Å². The van der Waals surface area contributed by atoms with Crippen molar-refractivity contribution in [1.29, 1.82) is 0 Å². The molecule has 25 heavy (non-hydrogen) atoms. The SMILES string of the molecule is CCCCCC/C=C/CCCCCCO[C@H]1CO[C@H]([C@H](O)CO)[C@@H]1O. The molecule has 0 spiro atoms. The molecule has 0 aromatic carbocycles. The third-order valence-corrected chi connectivity index (χ3v) is 4.72. The van der Waals surface area contributed by atoms with Crippen LogP contribution in [0.3, 0.4) is 0 Å². The topological polar surface area (TPSA) is 79.2 Å². The van der Waals surface area contributed by atoms with E-state index in [-0.39, 0.29) is 6.61 Å². The van der Waals surface area contributed by atoms with E-state index in [1.165, 1.54) is 44.9 Å². The highest BCUT2D eigenvalue weighted by molar-refractivity contribution is 4.88. The Kier molecular flexibility index (Phi) is 13.3. The summed E-state index contributed by atoms with van der Waals surface area (Å²) in [7, 11) is 0. The van der Waals surface area contributed by atoms with Crippen molar-refractivity contribution in [2.45, 2.75) is 95.5 Å². The first-order chi connectivity index (χ1) is 12.2. The zero-order chi connectivity index (χ0) is 18.3. The molecular weight excluding hydrogens is 320 g/mol. The molecule has 0 amide bonds. The highest BCUT2D eigenvalue weighted by Gasteiger charge is 2.40. The average Bonchev–Trinajstić information content (AvgIpc) is 2.99. The monoisotopic (exact) mass is 358 g/mol. The highest BCUT2D eigenvalue weighted by atomic mass is 16.6. The van der Waals surface area contributed by atoms with Gasteiger partial charge in [0.05, 0.1) is 13.2 Å². The summed E-state index contributed by atoms with van der Waals surface area (Å²) in [6, 6.07) is 0. The standard InChI is InChI=1S/C20H38O5/c1-2-3-4-5-6-7-8-9-10-11-12-13-14-24-18-16-25-20(19(18)23)17(22)15-21/h7-8,17-23H,2-6,9-16H2,1H3/b8-7+/t17-,18+,19-,20-/m1/s1. The van der Waals surface area contributed by atoms with Gasteiger partial charge >= 0.3 is 0 Å². The van der Waals surface area contributed by atoms with E-state index in [4.69, 9.17) is 14.6 Å². The van der Waals surface area contributed by atoms with Crippen LogP contribution in [0.4, 0.5) is 0 Å². The Morgan fingerprint density at radius 2 is 1.68 bits per heavy atom. The summed E-state index contributed by atoms with van der Waals surface area (Å²) < 4.78 is 11.0. The van der Waals surface area contributed by atoms with Crippen LogP contribution in [0.15, 0.2) is 12.2 Å². The van der Waals surface area contributed by atoms with Crippen LogP contribution in [-0.4, -0.2) is 59.6 Å². The zero-order valence-corrected chi connectivity index (χ0v) is 15.8. The molecular formula is C20H38O5. The van der Waals surface area contributed by atoms with Crippen LogP contribution in [-0.2, 0) is 9.47 Å². The van der Waals surface area contributed by atoms with E-state index in [9.17, 15) is 10.2 Å². The minimum atomic E-state index is -1.05. The Morgan fingerprint density at radius 1 is 1.04 bits per heavy atom. The van der Waals surface area contributed by atoms with Crippen LogP contribution >= 0.6 is 0 Å². The number of hydrogen-bond donors (Lipinski definition) is 3. The molecule has 5 heteroatoms. The van der Waals surface area contributed by atoms with Crippen molar-refractivity contribution in [3.05, 3.63) is 12.2 Å². The molecule has 3 N–H and O–H groups in total. The normalized spacial score (nSPS) is 25.0. The van der Waals surface area contributed by atoms with Crippen LogP contribution in [0.1, 0.15) is 71.1 Å². The van der Waals surface area contributed by atoms with E-state index in [1.807, 2.05) is 0 Å². The highest BCUT2D eigenvalue weighted by Crippen LogP contribution is 2.20. The summed E-state index contributed by atoms with van der Waals surface area (Å²) in [5.41, 5.74) is 0. The number of unbranched alkanes of at least 4 members (excludes halogenated alkanes) is 8. The van der Waals surface area contributed by atoms with E-state index in [0.29, 0.717) is 6.61 Å². The second-order valence-electron chi connectivity index (χ2n) is 6.97. The second-order valence-corrected chi connectivity index (χ2v) is 6.97. The number of aliphatic hydroxyl groups is 3. The molecule has 1 aliphatic rings. The lowest BCUT2D eigenvalue weighted by molar-refractivity contribution is -0.0730. The van der Waals surface area contributed by atoms with Crippen LogP contribution in [0.2, 0.25) is 0 Å². The molecule has 0 aromatic heterocycles. The number of aliphatic hydroxyl groups excluding tert-OH is 3. The smallest absolute Gasteiger partial charge is 0.114 e. The third kappa shape index (κ3) is 9.71. The predicted molar refractivity (Wildman–Crippen MR) is 99.6 cm³/mol. The first-order valence-corrected chi connectivity index (χ1v) is 10.1. The summed E-state index contributed by atoms with van der Waals surface area (Å²) in [6.45, 7) is 2.69. The summed E-state index contributed by atoms with van der Waals surface area (Å²) in [5, 5.41) is 28.5. The molecule has 1 rings (SSSR count).